The molecule has 0 aliphatic carbocycles. The Kier molecular flexibility index (Phi) is 7.32. The molecule has 7 heteroatoms. The Labute approximate surface area is 201 Å². The number of carbonyl (C=O) groups excluding carboxylic acids is 3. The lowest BCUT2D eigenvalue weighted by atomic mass is 10.0. The van der Waals surface area contributed by atoms with Crippen LogP contribution < -0.4 is 10.2 Å². The van der Waals surface area contributed by atoms with E-state index in [9.17, 15) is 14.4 Å². The van der Waals surface area contributed by atoms with Crippen molar-refractivity contribution in [2.75, 3.05) is 44.2 Å². The molecule has 4 rings (SSSR count). The van der Waals surface area contributed by atoms with Gasteiger partial charge in [0.05, 0.1) is 11.1 Å². The van der Waals surface area contributed by atoms with E-state index in [2.05, 4.69) is 46.3 Å². The highest BCUT2D eigenvalue weighted by Gasteiger charge is 2.43. The van der Waals surface area contributed by atoms with Crippen LogP contribution in [0.5, 0.6) is 0 Å². The molecular weight excluding hydrogens is 428 g/mol. The van der Waals surface area contributed by atoms with Crippen molar-refractivity contribution in [1.29, 1.82) is 0 Å². The fraction of sp³-hybridized carbons (Fsp3) is 0.444. The Morgan fingerprint density at radius 3 is 2.18 bits per heavy atom. The predicted molar refractivity (Wildman–Crippen MR) is 133 cm³/mol. The molecule has 0 aromatic heterocycles. The Morgan fingerprint density at radius 2 is 1.59 bits per heavy atom. The molecule has 1 atom stereocenters. The van der Waals surface area contributed by atoms with Crippen LogP contribution in [0.2, 0.25) is 0 Å². The Bertz CT molecular complexity index is 1020. The molecule has 2 aliphatic rings. The summed E-state index contributed by atoms with van der Waals surface area (Å²) in [6.07, 6.45) is 0.823. The summed E-state index contributed by atoms with van der Waals surface area (Å²) >= 11 is 0. The summed E-state index contributed by atoms with van der Waals surface area (Å²) in [5.74, 6) is -1.23. The van der Waals surface area contributed by atoms with E-state index in [1.54, 1.807) is 24.3 Å². The number of fused-ring (bicyclic) bond motifs is 1. The first-order valence-corrected chi connectivity index (χ1v) is 12.2. The smallest absolute Gasteiger partial charge is 0.262 e. The van der Waals surface area contributed by atoms with E-state index in [0.29, 0.717) is 17.7 Å². The lowest BCUT2D eigenvalue weighted by Crippen LogP contribution is -2.52. The Balaban J connectivity index is 1.25. The highest BCUT2D eigenvalue weighted by Crippen LogP contribution is 2.27. The normalized spacial score (nSPS) is 17.3. The van der Waals surface area contributed by atoms with Crippen LogP contribution in [0.3, 0.4) is 0 Å². The van der Waals surface area contributed by atoms with E-state index in [4.69, 9.17) is 0 Å². The number of rotatable bonds is 8. The van der Waals surface area contributed by atoms with Crippen LogP contribution in [0.1, 0.15) is 46.5 Å². The van der Waals surface area contributed by atoms with Crippen molar-refractivity contribution in [1.82, 2.24) is 15.1 Å². The number of amides is 3. The molecule has 1 saturated heterocycles. The summed E-state index contributed by atoms with van der Waals surface area (Å²) < 4.78 is 0. The maximum Gasteiger partial charge on any atom is 0.262 e. The quantitative estimate of drug-likeness (QED) is 0.482. The molecule has 2 aliphatic heterocycles. The number of anilines is 1. The Hall–Kier alpha value is -3.19. The number of nitrogens with zero attached hydrogens (tertiary/aromatic N) is 3. The van der Waals surface area contributed by atoms with Crippen LogP contribution in [0, 0.1) is 12.8 Å². The van der Waals surface area contributed by atoms with Crippen molar-refractivity contribution in [2.45, 2.75) is 33.2 Å². The third-order valence-electron chi connectivity index (χ3n) is 6.69. The molecule has 3 amide bonds. The number of benzene rings is 2. The standard InChI is InChI=1S/C27H34N4O3/c1-19(2)24(31-26(33)22-10-4-5-11-23(22)27(31)34)25(32)28-12-7-13-29-14-16-30(17-15-29)21-9-6-8-20(3)18-21/h4-6,8-11,18-19,24H,7,12-17H2,1-3H3,(H,28,32). The van der Waals surface area contributed by atoms with E-state index in [0.717, 1.165) is 44.0 Å². The molecule has 1 fully saturated rings. The third kappa shape index (κ3) is 4.99. The predicted octanol–water partition coefficient (Wildman–Crippen LogP) is 2.94. The lowest BCUT2D eigenvalue weighted by Gasteiger charge is -2.36. The average molecular weight is 463 g/mol. The molecule has 0 saturated carbocycles. The zero-order valence-electron chi connectivity index (χ0n) is 20.3. The molecule has 2 aromatic carbocycles. The van der Waals surface area contributed by atoms with Gasteiger partial charge >= 0.3 is 0 Å². The largest absolute Gasteiger partial charge is 0.369 e. The van der Waals surface area contributed by atoms with Gasteiger partial charge in [-0.3, -0.25) is 24.2 Å². The molecule has 34 heavy (non-hydrogen) atoms. The summed E-state index contributed by atoms with van der Waals surface area (Å²) in [6, 6.07) is 14.6. The van der Waals surface area contributed by atoms with Crippen LogP contribution >= 0.6 is 0 Å². The van der Waals surface area contributed by atoms with E-state index >= 15 is 0 Å². The van der Waals surface area contributed by atoms with Gasteiger partial charge in [0.1, 0.15) is 6.04 Å². The molecule has 0 bridgehead atoms. The second-order valence-electron chi connectivity index (χ2n) is 9.53. The van der Waals surface area contributed by atoms with Crippen molar-refractivity contribution in [2.24, 2.45) is 5.92 Å². The topological polar surface area (TPSA) is 73.0 Å². The van der Waals surface area contributed by atoms with Gasteiger partial charge in [0, 0.05) is 38.4 Å². The molecular formula is C27H34N4O3. The van der Waals surface area contributed by atoms with Crippen molar-refractivity contribution < 1.29 is 14.4 Å². The van der Waals surface area contributed by atoms with Crippen molar-refractivity contribution in [3.05, 3.63) is 65.2 Å². The van der Waals surface area contributed by atoms with Crippen LogP contribution in [0.15, 0.2) is 48.5 Å². The first kappa shape index (κ1) is 24.0. The van der Waals surface area contributed by atoms with Gasteiger partial charge in [0.25, 0.3) is 11.8 Å². The summed E-state index contributed by atoms with van der Waals surface area (Å²) in [4.78, 5) is 44.7. The minimum Gasteiger partial charge on any atom is -0.369 e. The fourth-order valence-corrected chi connectivity index (χ4v) is 4.85. The molecule has 0 radical (unpaired) electrons. The number of hydrogen-bond donors (Lipinski definition) is 1. The van der Waals surface area contributed by atoms with E-state index in [1.807, 2.05) is 13.8 Å². The number of carbonyl (C=O) groups is 3. The second kappa shape index (κ2) is 10.4. The molecule has 180 valence electrons. The summed E-state index contributed by atoms with van der Waals surface area (Å²) in [5, 5.41) is 2.97. The number of aryl methyl sites for hydroxylation is 1. The Morgan fingerprint density at radius 1 is 0.941 bits per heavy atom. The summed E-state index contributed by atoms with van der Waals surface area (Å²) in [6.45, 7) is 11.2. The second-order valence-corrected chi connectivity index (χ2v) is 9.53. The van der Waals surface area contributed by atoms with Gasteiger partial charge in [-0.15, -0.1) is 0 Å². The van der Waals surface area contributed by atoms with E-state index < -0.39 is 6.04 Å². The molecule has 2 heterocycles. The van der Waals surface area contributed by atoms with Crippen LogP contribution in [-0.4, -0.2) is 72.8 Å². The van der Waals surface area contributed by atoms with Gasteiger partial charge in [-0.25, -0.2) is 0 Å². The van der Waals surface area contributed by atoms with Gasteiger partial charge in [-0.1, -0.05) is 38.1 Å². The highest BCUT2D eigenvalue weighted by molar-refractivity contribution is 6.22. The van der Waals surface area contributed by atoms with Crippen molar-refractivity contribution in [3.63, 3.8) is 0 Å². The number of hydrogen-bond acceptors (Lipinski definition) is 5. The van der Waals surface area contributed by atoms with Gasteiger partial charge in [-0.2, -0.15) is 0 Å². The SMILES string of the molecule is Cc1cccc(N2CCN(CCCNC(=O)C(C(C)C)N3C(=O)c4ccccc4C3=O)CC2)c1. The van der Waals surface area contributed by atoms with Gasteiger partial charge in [0.2, 0.25) is 5.91 Å². The zero-order chi connectivity index (χ0) is 24.2. The minimum absolute atomic E-state index is 0.183. The summed E-state index contributed by atoms with van der Waals surface area (Å²) in [7, 11) is 0. The summed E-state index contributed by atoms with van der Waals surface area (Å²) in [5.41, 5.74) is 3.29. The van der Waals surface area contributed by atoms with E-state index in [1.165, 1.54) is 11.3 Å². The zero-order valence-corrected chi connectivity index (χ0v) is 20.3. The number of piperazine rings is 1. The highest BCUT2D eigenvalue weighted by atomic mass is 16.2. The van der Waals surface area contributed by atoms with Gasteiger partial charge in [-0.05, 0) is 55.6 Å². The van der Waals surface area contributed by atoms with Crippen molar-refractivity contribution >= 4 is 23.4 Å². The average Bonchev–Trinajstić information content (AvgIpc) is 3.08. The maximum atomic E-state index is 13.0. The molecule has 1 N–H and O–H groups in total. The first-order valence-electron chi connectivity index (χ1n) is 12.2. The molecule has 2 aromatic rings. The number of nitrogens with one attached hydrogen (secondary N) is 1. The minimum atomic E-state index is -0.815. The fourth-order valence-electron chi connectivity index (χ4n) is 4.85. The van der Waals surface area contributed by atoms with Crippen molar-refractivity contribution in [3.8, 4) is 0 Å². The number of imide groups is 1. The maximum absolute atomic E-state index is 13.0. The van der Waals surface area contributed by atoms with E-state index in [-0.39, 0.29) is 23.6 Å². The van der Waals surface area contributed by atoms with Gasteiger partial charge < -0.3 is 10.2 Å². The van der Waals surface area contributed by atoms with Crippen LogP contribution in [0.4, 0.5) is 5.69 Å². The third-order valence-corrected chi connectivity index (χ3v) is 6.69. The molecule has 0 spiro atoms. The van der Waals surface area contributed by atoms with Crippen LogP contribution in [0.25, 0.3) is 0 Å². The molecule has 7 nitrogen and oxygen atoms in total. The van der Waals surface area contributed by atoms with Crippen LogP contribution in [-0.2, 0) is 4.79 Å². The first-order chi connectivity index (χ1) is 16.4. The lowest BCUT2D eigenvalue weighted by molar-refractivity contribution is -0.126. The monoisotopic (exact) mass is 462 g/mol. The van der Waals surface area contributed by atoms with Gasteiger partial charge in [0.15, 0.2) is 0 Å². The molecule has 1 unspecified atom stereocenters.